The quantitative estimate of drug-likeness (QED) is 0.305. The molecule has 0 saturated carbocycles. The number of ether oxygens (including phenoxy) is 1. The minimum absolute atomic E-state index is 0.125. The van der Waals surface area contributed by atoms with Crippen LogP contribution in [0.5, 0.6) is 5.75 Å². The highest BCUT2D eigenvalue weighted by molar-refractivity contribution is 7.99. The number of thioether (sulfide) groups is 1. The van der Waals surface area contributed by atoms with E-state index in [1.165, 1.54) is 11.8 Å². The van der Waals surface area contributed by atoms with Crippen molar-refractivity contribution in [2.45, 2.75) is 31.7 Å². The lowest BCUT2D eigenvalue weighted by atomic mass is 10.2. The molecule has 0 aliphatic carbocycles. The number of carbonyl (C=O) groups is 1. The van der Waals surface area contributed by atoms with Gasteiger partial charge in [-0.25, -0.2) is 0 Å². The molecule has 0 aliphatic rings. The van der Waals surface area contributed by atoms with Gasteiger partial charge in [-0.05, 0) is 43.7 Å². The third-order valence-corrected chi connectivity index (χ3v) is 5.77. The Balaban J connectivity index is 1.70. The number of anilines is 1. The van der Waals surface area contributed by atoms with Crippen LogP contribution >= 0.6 is 35.0 Å². The van der Waals surface area contributed by atoms with E-state index >= 15 is 0 Å². The smallest absolute Gasteiger partial charge is 0.234 e. The van der Waals surface area contributed by atoms with Crippen LogP contribution in [0.2, 0.25) is 10.0 Å². The van der Waals surface area contributed by atoms with E-state index in [1.807, 2.05) is 42.7 Å². The van der Waals surface area contributed by atoms with Crippen LogP contribution in [-0.4, -0.2) is 26.4 Å². The number of nitrogens with zero attached hydrogens (tertiary/aromatic N) is 3. The fourth-order valence-corrected chi connectivity index (χ4v) is 3.95. The summed E-state index contributed by atoms with van der Waals surface area (Å²) in [6, 6.07) is 12.7. The van der Waals surface area contributed by atoms with Gasteiger partial charge in [0.25, 0.3) is 0 Å². The molecule has 3 aromatic rings. The molecule has 2 aromatic carbocycles. The summed E-state index contributed by atoms with van der Waals surface area (Å²) in [5, 5.41) is 13.0. The second kappa shape index (κ2) is 10.7. The molecule has 3 rings (SSSR count). The number of hydrogen-bond acceptors (Lipinski definition) is 5. The highest BCUT2D eigenvalue weighted by atomic mass is 35.5. The van der Waals surface area contributed by atoms with Crippen LogP contribution in [-0.2, 0) is 11.3 Å². The summed E-state index contributed by atoms with van der Waals surface area (Å²) in [7, 11) is 0. The van der Waals surface area contributed by atoms with Gasteiger partial charge in [-0.1, -0.05) is 53.2 Å². The minimum Gasteiger partial charge on any atom is -0.481 e. The number of aromatic nitrogens is 3. The van der Waals surface area contributed by atoms with Gasteiger partial charge in [0.05, 0.1) is 10.8 Å². The molecule has 9 heteroatoms. The van der Waals surface area contributed by atoms with Gasteiger partial charge >= 0.3 is 0 Å². The molecule has 162 valence electrons. The van der Waals surface area contributed by atoms with E-state index in [0.29, 0.717) is 33.3 Å². The summed E-state index contributed by atoms with van der Waals surface area (Å²) < 4.78 is 7.83. The fraction of sp³-hybridized carbons (Fsp3) is 0.227. The van der Waals surface area contributed by atoms with E-state index in [0.717, 1.165) is 11.3 Å². The molecule has 0 fully saturated rings. The molecule has 6 nitrogen and oxygen atoms in total. The molecule has 1 unspecified atom stereocenters. The van der Waals surface area contributed by atoms with Crippen molar-refractivity contribution in [3.8, 4) is 5.75 Å². The van der Waals surface area contributed by atoms with Crippen molar-refractivity contribution in [2.75, 3.05) is 11.1 Å². The number of allylic oxidation sites excluding steroid dienone is 1. The van der Waals surface area contributed by atoms with Crippen LogP contribution in [0.4, 0.5) is 5.69 Å². The van der Waals surface area contributed by atoms with Gasteiger partial charge in [-0.15, -0.1) is 16.8 Å². The summed E-state index contributed by atoms with van der Waals surface area (Å²) in [5.74, 6) is 1.12. The molecule has 0 saturated heterocycles. The first kappa shape index (κ1) is 23.2. The zero-order valence-corrected chi connectivity index (χ0v) is 19.5. The summed E-state index contributed by atoms with van der Waals surface area (Å²) in [6.45, 7) is 8.10. The first-order valence-electron chi connectivity index (χ1n) is 9.52. The van der Waals surface area contributed by atoms with Crippen molar-refractivity contribution >= 4 is 46.6 Å². The van der Waals surface area contributed by atoms with Crippen molar-refractivity contribution < 1.29 is 9.53 Å². The van der Waals surface area contributed by atoms with E-state index in [-0.39, 0.29) is 11.7 Å². The van der Waals surface area contributed by atoms with Crippen LogP contribution in [0, 0.1) is 6.92 Å². The number of carbonyl (C=O) groups excluding carboxylic acids is 1. The molecular weight excluding hydrogens is 455 g/mol. The number of rotatable bonds is 9. The number of aryl methyl sites for hydroxylation is 1. The standard InChI is InChI=1S/C22H22Cl2N4O2S/c1-4-10-28-21(15(3)30-19-12-16(23)8-9-18(19)24)26-27-22(28)31-13-20(29)25-17-7-5-6-14(2)11-17/h4-9,11-12,15H,1,10,13H2,2-3H3,(H,25,29). The zero-order chi connectivity index (χ0) is 22.4. The third-order valence-electron chi connectivity index (χ3n) is 4.25. The molecule has 31 heavy (non-hydrogen) atoms. The first-order chi connectivity index (χ1) is 14.9. The van der Waals surface area contributed by atoms with Gasteiger partial charge in [0.1, 0.15) is 5.75 Å². The molecule has 1 atom stereocenters. The van der Waals surface area contributed by atoms with Gasteiger partial charge < -0.3 is 10.1 Å². The van der Waals surface area contributed by atoms with Gasteiger partial charge in [0.2, 0.25) is 5.91 Å². The second-order valence-corrected chi connectivity index (χ2v) is 8.57. The van der Waals surface area contributed by atoms with Crippen LogP contribution in [0.1, 0.15) is 24.4 Å². The van der Waals surface area contributed by atoms with Gasteiger partial charge in [0, 0.05) is 23.3 Å². The van der Waals surface area contributed by atoms with Crippen molar-refractivity contribution in [1.82, 2.24) is 14.8 Å². The summed E-state index contributed by atoms with van der Waals surface area (Å²) in [4.78, 5) is 12.4. The first-order valence-corrected chi connectivity index (χ1v) is 11.3. The lowest BCUT2D eigenvalue weighted by molar-refractivity contribution is -0.113. The van der Waals surface area contributed by atoms with Crippen molar-refractivity contribution in [3.05, 3.63) is 76.6 Å². The van der Waals surface area contributed by atoms with E-state index in [4.69, 9.17) is 27.9 Å². The van der Waals surface area contributed by atoms with Crippen LogP contribution < -0.4 is 10.1 Å². The topological polar surface area (TPSA) is 69.0 Å². The summed E-state index contributed by atoms with van der Waals surface area (Å²) in [6.07, 6.45) is 1.29. The van der Waals surface area contributed by atoms with Gasteiger partial charge in [0.15, 0.2) is 17.1 Å². The third kappa shape index (κ3) is 6.26. The minimum atomic E-state index is -0.445. The Bertz CT molecular complexity index is 1090. The van der Waals surface area contributed by atoms with Crippen molar-refractivity contribution in [1.29, 1.82) is 0 Å². The molecule has 1 amide bonds. The van der Waals surface area contributed by atoms with Crippen LogP contribution in [0.15, 0.2) is 60.3 Å². The maximum Gasteiger partial charge on any atom is 0.234 e. The van der Waals surface area contributed by atoms with E-state index < -0.39 is 6.10 Å². The molecule has 0 radical (unpaired) electrons. The Labute approximate surface area is 195 Å². The average molecular weight is 477 g/mol. The largest absolute Gasteiger partial charge is 0.481 e. The predicted octanol–water partition coefficient (Wildman–Crippen LogP) is 5.95. The molecular formula is C22H22Cl2N4O2S. The zero-order valence-electron chi connectivity index (χ0n) is 17.1. The maximum absolute atomic E-state index is 12.4. The predicted molar refractivity (Wildman–Crippen MR) is 126 cm³/mol. The van der Waals surface area contributed by atoms with E-state index in [9.17, 15) is 4.79 Å². The Morgan fingerprint density at radius 1 is 1.29 bits per heavy atom. The van der Waals surface area contributed by atoms with Crippen LogP contribution in [0.25, 0.3) is 0 Å². The number of nitrogens with one attached hydrogen (secondary N) is 1. The SMILES string of the molecule is C=CCn1c(SCC(=O)Nc2cccc(C)c2)nnc1C(C)Oc1cc(Cl)ccc1Cl. The fourth-order valence-electron chi connectivity index (χ4n) is 2.87. The molecule has 0 aliphatic heterocycles. The van der Waals surface area contributed by atoms with Gasteiger partial charge in [-0.3, -0.25) is 9.36 Å². The Morgan fingerprint density at radius 3 is 2.84 bits per heavy atom. The molecule has 1 N–H and O–H groups in total. The Hall–Kier alpha value is -2.48. The van der Waals surface area contributed by atoms with E-state index in [2.05, 4.69) is 22.1 Å². The lowest BCUT2D eigenvalue weighted by Gasteiger charge is -2.16. The monoisotopic (exact) mass is 476 g/mol. The molecule has 0 bridgehead atoms. The number of amides is 1. The normalized spacial score (nSPS) is 11.7. The Morgan fingerprint density at radius 2 is 2.10 bits per heavy atom. The van der Waals surface area contributed by atoms with Crippen molar-refractivity contribution in [2.24, 2.45) is 0 Å². The summed E-state index contributed by atoms with van der Waals surface area (Å²) >= 11 is 13.5. The maximum atomic E-state index is 12.4. The highest BCUT2D eigenvalue weighted by Crippen LogP contribution is 2.32. The van der Waals surface area contributed by atoms with Gasteiger partial charge in [-0.2, -0.15) is 0 Å². The molecule has 0 spiro atoms. The Kier molecular flexibility index (Phi) is 8.01. The van der Waals surface area contributed by atoms with Crippen molar-refractivity contribution in [3.63, 3.8) is 0 Å². The molecule has 1 aromatic heterocycles. The number of hydrogen-bond donors (Lipinski definition) is 1. The lowest BCUT2D eigenvalue weighted by Crippen LogP contribution is -2.15. The van der Waals surface area contributed by atoms with E-state index in [1.54, 1.807) is 24.3 Å². The average Bonchev–Trinajstić information content (AvgIpc) is 3.12. The number of benzene rings is 2. The number of halogens is 2. The highest BCUT2D eigenvalue weighted by Gasteiger charge is 2.20. The molecule has 1 heterocycles. The van der Waals surface area contributed by atoms with Crippen LogP contribution in [0.3, 0.4) is 0 Å². The second-order valence-electron chi connectivity index (χ2n) is 6.78. The summed E-state index contributed by atoms with van der Waals surface area (Å²) in [5.41, 5.74) is 1.84.